The van der Waals surface area contributed by atoms with Crippen LogP contribution in [0.3, 0.4) is 0 Å². The van der Waals surface area contributed by atoms with E-state index in [-0.39, 0.29) is 24.3 Å². The van der Waals surface area contributed by atoms with Gasteiger partial charge in [-0.05, 0) is 56.4 Å². The van der Waals surface area contributed by atoms with Crippen molar-refractivity contribution in [3.63, 3.8) is 0 Å². The number of carbonyl (C=O) groups is 1. The minimum Gasteiger partial charge on any atom is -0.435 e. The Morgan fingerprint density at radius 2 is 1.97 bits per heavy atom. The summed E-state index contributed by atoms with van der Waals surface area (Å²) < 4.78 is 70.0. The van der Waals surface area contributed by atoms with Gasteiger partial charge in [0.1, 0.15) is 12.3 Å². The second-order valence-corrected chi connectivity index (χ2v) is 6.89. The van der Waals surface area contributed by atoms with E-state index in [9.17, 15) is 26.7 Å². The van der Waals surface area contributed by atoms with Crippen molar-refractivity contribution in [1.29, 1.82) is 0 Å². The molecule has 1 aliphatic rings. The van der Waals surface area contributed by atoms with Crippen LogP contribution in [-0.4, -0.2) is 22.3 Å². The summed E-state index contributed by atoms with van der Waals surface area (Å²) in [5, 5.41) is 6.27. The largest absolute Gasteiger partial charge is 0.435 e. The van der Waals surface area contributed by atoms with Gasteiger partial charge in [0.05, 0.1) is 0 Å². The van der Waals surface area contributed by atoms with Crippen molar-refractivity contribution in [2.45, 2.75) is 58.4 Å². The fourth-order valence-electron chi connectivity index (χ4n) is 3.48. The SMILES string of the molecule is Cc1cc(OC(F)F)ccc1NC(=O)Cn1nc(C(F)(F)F)c2c1CCCCC2. The van der Waals surface area contributed by atoms with Crippen LogP contribution < -0.4 is 10.1 Å². The first kappa shape index (κ1) is 21.1. The van der Waals surface area contributed by atoms with E-state index in [1.807, 2.05) is 0 Å². The molecule has 1 aliphatic carbocycles. The van der Waals surface area contributed by atoms with E-state index in [1.165, 1.54) is 18.2 Å². The molecular weight excluding hydrogens is 397 g/mol. The molecule has 0 aliphatic heterocycles. The molecule has 2 aromatic rings. The van der Waals surface area contributed by atoms with Gasteiger partial charge in [0, 0.05) is 16.9 Å². The van der Waals surface area contributed by atoms with Gasteiger partial charge < -0.3 is 10.1 Å². The third-order valence-corrected chi connectivity index (χ3v) is 4.77. The first-order chi connectivity index (χ1) is 13.6. The monoisotopic (exact) mass is 417 g/mol. The molecule has 0 bridgehead atoms. The topological polar surface area (TPSA) is 56.1 Å². The zero-order chi connectivity index (χ0) is 21.2. The Bertz CT molecular complexity index is 893. The number of halogens is 5. The first-order valence-electron chi connectivity index (χ1n) is 9.16. The van der Waals surface area contributed by atoms with E-state index in [0.29, 0.717) is 29.8 Å². The molecule has 3 rings (SSSR count). The van der Waals surface area contributed by atoms with Gasteiger partial charge in [-0.25, -0.2) is 0 Å². The molecule has 1 aromatic heterocycles. The van der Waals surface area contributed by atoms with Gasteiger partial charge in [0.15, 0.2) is 5.69 Å². The fraction of sp³-hybridized carbons (Fsp3) is 0.474. The van der Waals surface area contributed by atoms with Gasteiger partial charge in [-0.1, -0.05) is 6.42 Å². The van der Waals surface area contributed by atoms with Crippen LogP contribution in [-0.2, 0) is 30.4 Å². The van der Waals surface area contributed by atoms with Gasteiger partial charge in [-0.3, -0.25) is 9.48 Å². The van der Waals surface area contributed by atoms with Gasteiger partial charge in [0.25, 0.3) is 0 Å². The third-order valence-electron chi connectivity index (χ3n) is 4.77. The van der Waals surface area contributed by atoms with E-state index >= 15 is 0 Å². The zero-order valence-electron chi connectivity index (χ0n) is 15.7. The summed E-state index contributed by atoms with van der Waals surface area (Å²) in [5.74, 6) is -0.610. The molecule has 1 aromatic carbocycles. The van der Waals surface area contributed by atoms with Crippen LogP contribution in [0.4, 0.5) is 27.6 Å². The summed E-state index contributed by atoms with van der Waals surface area (Å²) in [4.78, 5) is 12.4. The number of hydrogen-bond donors (Lipinski definition) is 1. The highest BCUT2D eigenvalue weighted by molar-refractivity contribution is 5.91. The van der Waals surface area contributed by atoms with Crippen molar-refractivity contribution in [3.05, 3.63) is 40.7 Å². The van der Waals surface area contributed by atoms with Crippen LogP contribution in [0.15, 0.2) is 18.2 Å². The number of benzene rings is 1. The maximum absolute atomic E-state index is 13.3. The maximum atomic E-state index is 13.3. The quantitative estimate of drug-likeness (QED) is 0.566. The molecule has 158 valence electrons. The molecule has 0 saturated heterocycles. The number of nitrogens with zero attached hydrogens (tertiary/aromatic N) is 2. The van der Waals surface area contributed by atoms with Crippen molar-refractivity contribution in [2.24, 2.45) is 0 Å². The number of amides is 1. The number of aromatic nitrogens is 2. The average molecular weight is 417 g/mol. The molecule has 0 fully saturated rings. The predicted molar refractivity (Wildman–Crippen MR) is 94.9 cm³/mol. The molecule has 1 heterocycles. The number of hydrogen-bond acceptors (Lipinski definition) is 3. The molecule has 1 N–H and O–H groups in total. The van der Waals surface area contributed by atoms with Gasteiger partial charge in [-0.2, -0.15) is 27.1 Å². The summed E-state index contributed by atoms with van der Waals surface area (Å²) in [6.45, 7) is -1.74. The molecule has 0 unspecified atom stereocenters. The second kappa shape index (κ2) is 8.38. The highest BCUT2D eigenvalue weighted by Gasteiger charge is 2.39. The number of anilines is 1. The molecule has 5 nitrogen and oxygen atoms in total. The lowest BCUT2D eigenvalue weighted by atomic mass is 10.1. The van der Waals surface area contributed by atoms with E-state index in [2.05, 4.69) is 15.2 Å². The highest BCUT2D eigenvalue weighted by atomic mass is 19.4. The van der Waals surface area contributed by atoms with E-state index in [1.54, 1.807) is 6.92 Å². The number of rotatable bonds is 5. The number of nitrogens with one attached hydrogen (secondary N) is 1. The molecule has 0 spiro atoms. The van der Waals surface area contributed by atoms with Crippen molar-refractivity contribution in [3.8, 4) is 5.75 Å². The number of aryl methyl sites for hydroxylation is 1. The number of carbonyl (C=O) groups excluding carboxylic acids is 1. The van der Waals surface area contributed by atoms with Gasteiger partial charge >= 0.3 is 12.8 Å². The summed E-state index contributed by atoms with van der Waals surface area (Å²) in [5.41, 5.74) is 0.527. The lowest BCUT2D eigenvalue weighted by Crippen LogP contribution is -2.22. The van der Waals surface area contributed by atoms with Gasteiger partial charge in [-0.15, -0.1) is 0 Å². The summed E-state index contributed by atoms with van der Waals surface area (Å²) >= 11 is 0. The second-order valence-electron chi connectivity index (χ2n) is 6.89. The Morgan fingerprint density at radius 1 is 1.24 bits per heavy atom. The van der Waals surface area contributed by atoms with Crippen LogP contribution in [0.5, 0.6) is 5.75 Å². The third kappa shape index (κ3) is 5.04. The molecule has 0 saturated carbocycles. The minimum atomic E-state index is -4.58. The van der Waals surface area contributed by atoms with E-state index in [4.69, 9.17) is 0 Å². The number of fused-ring (bicyclic) bond motifs is 1. The first-order valence-corrected chi connectivity index (χ1v) is 9.16. The Hall–Kier alpha value is -2.65. The Labute approximate surface area is 163 Å². The molecule has 1 amide bonds. The van der Waals surface area contributed by atoms with E-state index < -0.39 is 24.4 Å². The van der Waals surface area contributed by atoms with Crippen LogP contribution in [0.2, 0.25) is 0 Å². The van der Waals surface area contributed by atoms with Gasteiger partial charge in [0.2, 0.25) is 5.91 Å². The molecule has 0 atom stereocenters. The van der Waals surface area contributed by atoms with Crippen LogP contribution >= 0.6 is 0 Å². The summed E-state index contributed by atoms with van der Waals surface area (Å²) in [7, 11) is 0. The lowest BCUT2D eigenvalue weighted by molar-refractivity contribution is -0.142. The maximum Gasteiger partial charge on any atom is 0.435 e. The smallest absolute Gasteiger partial charge is 0.435 e. The Morgan fingerprint density at radius 3 is 2.62 bits per heavy atom. The van der Waals surface area contributed by atoms with Crippen molar-refractivity contribution in [2.75, 3.05) is 5.32 Å². The van der Waals surface area contributed by atoms with Crippen LogP contribution in [0.1, 0.15) is 41.8 Å². The zero-order valence-corrected chi connectivity index (χ0v) is 15.7. The summed E-state index contributed by atoms with van der Waals surface area (Å²) in [6.07, 6.45) is -1.64. The summed E-state index contributed by atoms with van der Waals surface area (Å²) in [6, 6.07) is 4.01. The standard InChI is InChI=1S/C19H20F5N3O2/c1-11-9-12(29-18(20)21)7-8-14(11)25-16(28)10-27-15-6-4-2-3-5-13(15)17(26-27)19(22,23)24/h7-9,18H,2-6,10H2,1H3,(H,25,28). The fourth-order valence-corrected chi connectivity index (χ4v) is 3.48. The average Bonchev–Trinajstić information content (AvgIpc) is 2.79. The molecule has 29 heavy (non-hydrogen) atoms. The van der Waals surface area contributed by atoms with Crippen LogP contribution in [0.25, 0.3) is 0 Å². The number of ether oxygens (including phenoxy) is 1. The van der Waals surface area contributed by atoms with Crippen molar-refractivity contribution < 1.29 is 31.5 Å². The highest BCUT2D eigenvalue weighted by Crippen LogP contribution is 2.35. The van der Waals surface area contributed by atoms with Crippen molar-refractivity contribution in [1.82, 2.24) is 9.78 Å². The lowest BCUT2D eigenvalue weighted by Gasteiger charge is -2.12. The predicted octanol–water partition coefficient (Wildman–Crippen LogP) is 4.72. The van der Waals surface area contributed by atoms with E-state index in [0.717, 1.165) is 17.5 Å². The molecule has 10 heteroatoms. The number of alkyl halides is 5. The molecular formula is C19H20F5N3O2. The normalized spacial score (nSPS) is 14.4. The Kier molecular flexibility index (Phi) is 6.09. The minimum absolute atomic E-state index is 0.0530. The molecule has 0 radical (unpaired) electrons. The van der Waals surface area contributed by atoms with Crippen molar-refractivity contribution >= 4 is 11.6 Å². The van der Waals surface area contributed by atoms with Crippen LogP contribution in [0, 0.1) is 6.92 Å². The Balaban J connectivity index is 1.78.